The molecule has 2 fully saturated rings. The van der Waals surface area contributed by atoms with Crippen LogP contribution in [-0.4, -0.2) is 76.4 Å². The van der Waals surface area contributed by atoms with Crippen molar-refractivity contribution < 1.29 is 4.79 Å². The molecule has 36 heavy (non-hydrogen) atoms. The molecule has 1 N–H and O–H groups in total. The van der Waals surface area contributed by atoms with Crippen molar-refractivity contribution in [2.75, 3.05) is 55.7 Å². The molecule has 3 heterocycles. The number of amides is 1. The highest BCUT2D eigenvalue weighted by Gasteiger charge is 2.23. The standard InChI is InChI=1S/C29H31N5OS/c35-29(24-9-10-26-27(20-24)31-28(30-26)23-6-2-1-3-7-23)34-13-11-32(12-14-34)21-22-5-4-8-25(19-22)33-15-17-36-18-16-33/h1-10,19-20H,11-18,21H2,(H,30,31). The minimum Gasteiger partial charge on any atom is -0.370 e. The summed E-state index contributed by atoms with van der Waals surface area (Å²) >= 11 is 2.04. The van der Waals surface area contributed by atoms with E-state index in [2.05, 4.69) is 39.0 Å². The Morgan fingerprint density at radius 3 is 2.47 bits per heavy atom. The van der Waals surface area contributed by atoms with Gasteiger partial charge in [-0.15, -0.1) is 0 Å². The van der Waals surface area contributed by atoms with Gasteiger partial charge in [-0.2, -0.15) is 11.8 Å². The molecule has 1 amide bonds. The molecule has 184 valence electrons. The number of aromatic amines is 1. The predicted molar refractivity (Wildman–Crippen MR) is 149 cm³/mol. The third-order valence-electron chi connectivity index (χ3n) is 7.13. The van der Waals surface area contributed by atoms with E-state index >= 15 is 0 Å². The van der Waals surface area contributed by atoms with Crippen molar-refractivity contribution in [3.63, 3.8) is 0 Å². The number of hydrogen-bond donors (Lipinski definition) is 1. The minimum absolute atomic E-state index is 0.0948. The number of hydrogen-bond acceptors (Lipinski definition) is 5. The second-order valence-electron chi connectivity index (χ2n) is 9.52. The van der Waals surface area contributed by atoms with Crippen LogP contribution in [0.4, 0.5) is 5.69 Å². The van der Waals surface area contributed by atoms with Gasteiger partial charge in [0, 0.05) is 74.1 Å². The molecular weight excluding hydrogens is 466 g/mol. The smallest absolute Gasteiger partial charge is 0.254 e. The van der Waals surface area contributed by atoms with Crippen LogP contribution in [0, 0.1) is 0 Å². The summed E-state index contributed by atoms with van der Waals surface area (Å²) in [6, 6.07) is 24.8. The number of aromatic nitrogens is 2. The lowest BCUT2D eigenvalue weighted by molar-refractivity contribution is 0.0628. The SMILES string of the molecule is O=C(c1ccc2nc(-c3ccccc3)[nH]c2c1)N1CCN(Cc2cccc(N3CCSCC3)c2)CC1. The Morgan fingerprint density at radius 2 is 1.67 bits per heavy atom. The normalized spacial score (nSPS) is 17.0. The maximum atomic E-state index is 13.3. The highest BCUT2D eigenvalue weighted by molar-refractivity contribution is 7.99. The van der Waals surface area contributed by atoms with Crippen LogP contribution in [0.15, 0.2) is 72.8 Å². The average Bonchev–Trinajstić information content (AvgIpc) is 3.38. The maximum Gasteiger partial charge on any atom is 0.254 e. The Kier molecular flexibility index (Phi) is 6.66. The van der Waals surface area contributed by atoms with Crippen molar-refractivity contribution in [2.45, 2.75) is 6.54 Å². The Hall–Kier alpha value is -3.29. The number of piperazine rings is 1. The summed E-state index contributed by atoms with van der Waals surface area (Å²) in [5.41, 5.74) is 6.21. The fraction of sp³-hybridized carbons (Fsp3) is 0.310. The van der Waals surface area contributed by atoms with Crippen molar-refractivity contribution in [1.29, 1.82) is 0 Å². The van der Waals surface area contributed by atoms with Crippen molar-refractivity contribution in [2.24, 2.45) is 0 Å². The lowest BCUT2D eigenvalue weighted by Gasteiger charge is -2.35. The summed E-state index contributed by atoms with van der Waals surface area (Å²) in [4.78, 5) is 28.3. The van der Waals surface area contributed by atoms with Gasteiger partial charge in [-0.3, -0.25) is 9.69 Å². The number of carbonyl (C=O) groups excluding carboxylic acids is 1. The fourth-order valence-electron chi connectivity index (χ4n) is 5.10. The molecule has 2 aliphatic rings. The zero-order valence-corrected chi connectivity index (χ0v) is 21.2. The lowest BCUT2D eigenvalue weighted by Crippen LogP contribution is -2.48. The second kappa shape index (κ2) is 10.4. The van der Waals surface area contributed by atoms with E-state index in [0.29, 0.717) is 5.56 Å². The van der Waals surface area contributed by atoms with E-state index in [1.54, 1.807) is 0 Å². The number of imidazole rings is 1. The number of fused-ring (bicyclic) bond motifs is 1. The van der Waals surface area contributed by atoms with Gasteiger partial charge in [-0.25, -0.2) is 4.98 Å². The minimum atomic E-state index is 0.0948. The van der Waals surface area contributed by atoms with Crippen molar-refractivity contribution >= 4 is 34.4 Å². The van der Waals surface area contributed by atoms with Crippen molar-refractivity contribution in [3.05, 3.63) is 83.9 Å². The van der Waals surface area contributed by atoms with E-state index in [-0.39, 0.29) is 5.91 Å². The van der Waals surface area contributed by atoms with Crippen LogP contribution in [0.3, 0.4) is 0 Å². The van der Waals surface area contributed by atoms with Crippen LogP contribution in [-0.2, 0) is 6.54 Å². The van der Waals surface area contributed by atoms with Crippen LogP contribution >= 0.6 is 11.8 Å². The Bertz CT molecular complexity index is 1340. The van der Waals surface area contributed by atoms with Gasteiger partial charge >= 0.3 is 0 Å². The van der Waals surface area contributed by atoms with E-state index in [1.165, 1.54) is 22.8 Å². The van der Waals surface area contributed by atoms with Gasteiger partial charge in [0.2, 0.25) is 0 Å². The first-order valence-corrected chi connectivity index (χ1v) is 13.9. The maximum absolute atomic E-state index is 13.3. The molecule has 0 aliphatic carbocycles. The molecule has 7 heteroatoms. The number of H-pyrrole nitrogens is 1. The highest BCUT2D eigenvalue weighted by Crippen LogP contribution is 2.23. The van der Waals surface area contributed by atoms with E-state index < -0.39 is 0 Å². The van der Waals surface area contributed by atoms with Crippen LogP contribution in [0.5, 0.6) is 0 Å². The predicted octanol–water partition coefficient (Wildman–Crippen LogP) is 4.74. The van der Waals surface area contributed by atoms with Crippen LogP contribution in [0.25, 0.3) is 22.4 Å². The lowest BCUT2D eigenvalue weighted by atomic mass is 10.1. The molecule has 1 aromatic heterocycles. The quantitative estimate of drug-likeness (QED) is 0.432. The van der Waals surface area contributed by atoms with Crippen molar-refractivity contribution in [1.82, 2.24) is 19.8 Å². The fourth-order valence-corrected chi connectivity index (χ4v) is 6.00. The average molecular weight is 498 g/mol. The van der Waals surface area contributed by atoms with E-state index in [0.717, 1.165) is 68.2 Å². The van der Waals surface area contributed by atoms with Crippen LogP contribution in [0.1, 0.15) is 15.9 Å². The Balaban J connectivity index is 1.08. The van der Waals surface area contributed by atoms with Gasteiger partial charge in [-0.05, 0) is 35.9 Å². The molecule has 0 radical (unpaired) electrons. The molecule has 6 nitrogen and oxygen atoms in total. The summed E-state index contributed by atoms with van der Waals surface area (Å²) in [5, 5.41) is 0. The van der Waals surface area contributed by atoms with E-state index in [9.17, 15) is 4.79 Å². The molecule has 0 unspecified atom stereocenters. The third-order valence-corrected chi connectivity index (χ3v) is 8.07. The largest absolute Gasteiger partial charge is 0.370 e. The molecule has 2 aliphatic heterocycles. The summed E-state index contributed by atoms with van der Waals surface area (Å²) in [6.07, 6.45) is 0. The molecule has 2 saturated heterocycles. The first-order valence-electron chi connectivity index (χ1n) is 12.7. The van der Waals surface area contributed by atoms with E-state index in [4.69, 9.17) is 4.98 Å². The molecular formula is C29H31N5OS. The molecule has 0 spiro atoms. The van der Waals surface area contributed by atoms with Gasteiger partial charge in [0.15, 0.2) is 0 Å². The van der Waals surface area contributed by atoms with Gasteiger partial charge in [0.05, 0.1) is 11.0 Å². The number of anilines is 1. The molecule has 4 aromatic rings. The summed E-state index contributed by atoms with van der Waals surface area (Å²) < 4.78 is 0. The zero-order chi connectivity index (χ0) is 24.3. The van der Waals surface area contributed by atoms with Crippen molar-refractivity contribution in [3.8, 4) is 11.4 Å². The summed E-state index contributed by atoms with van der Waals surface area (Å²) in [7, 11) is 0. The summed E-state index contributed by atoms with van der Waals surface area (Å²) in [6.45, 7) is 6.47. The number of rotatable bonds is 5. The molecule has 0 atom stereocenters. The molecule has 6 rings (SSSR count). The van der Waals surface area contributed by atoms with E-state index in [1.807, 2.05) is 65.2 Å². The number of nitrogens with one attached hydrogen (secondary N) is 1. The third kappa shape index (κ3) is 4.99. The Morgan fingerprint density at radius 1 is 0.861 bits per heavy atom. The number of nitrogens with zero attached hydrogens (tertiary/aromatic N) is 4. The first kappa shape index (κ1) is 23.1. The number of carbonyl (C=O) groups is 1. The second-order valence-corrected chi connectivity index (χ2v) is 10.7. The number of thioether (sulfide) groups is 1. The Labute approximate surface area is 216 Å². The van der Waals surface area contributed by atoms with Gasteiger partial charge in [-0.1, -0.05) is 42.5 Å². The van der Waals surface area contributed by atoms with Crippen LogP contribution < -0.4 is 4.90 Å². The van der Waals surface area contributed by atoms with Gasteiger partial charge in [0.1, 0.15) is 5.82 Å². The number of benzene rings is 3. The first-order chi connectivity index (χ1) is 17.7. The van der Waals surface area contributed by atoms with Gasteiger partial charge < -0.3 is 14.8 Å². The summed E-state index contributed by atoms with van der Waals surface area (Å²) in [5.74, 6) is 3.34. The van der Waals surface area contributed by atoms with Crippen LogP contribution in [0.2, 0.25) is 0 Å². The topological polar surface area (TPSA) is 55.5 Å². The molecule has 0 saturated carbocycles. The highest BCUT2D eigenvalue weighted by atomic mass is 32.2. The monoisotopic (exact) mass is 497 g/mol. The molecule has 0 bridgehead atoms. The van der Waals surface area contributed by atoms with Gasteiger partial charge in [0.25, 0.3) is 5.91 Å². The molecule has 3 aromatic carbocycles. The zero-order valence-electron chi connectivity index (χ0n) is 20.4.